The molecule has 3 rings (SSSR count). The zero-order valence-corrected chi connectivity index (χ0v) is 17.6. The molecule has 0 fully saturated rings. The minimum atomic E-state index is -0.0361. The topological polar surface area (TPSA) is 33.2 Å². The van der Waals surface area contributed by atoms with Gasteiger partial charge in [0, 0.05) is 26.4 Å². The molecular weight excluding hydrogens is 464 g/mol. The lowest BCUT2D eigenvalue weighted by Crippen LogP contribution is -2.31. The average Bonchev–Trinajstić information content (AvgIpc) is 3.10. The molecule has 25 heavy (non-hydrogen) atoms. The van der Waals surface area contributed by atoms with Crippen LogP contribution < -0.4 is 4.90 Å². The lowest BCUT2D eigenvalue weighted by atomic mass is 10.2. The van der Waals surface area contributed by atoms with Gasteiger partial charge in [-0.3, -0.25) is 9.69 Å². The molecule has 0 saturated carbocycles. The zero-order valence-electron chi connectivity index (χ0n) is 13.6. The Morgan fingerprint density at radius 3 is 2.52 bits per heavy atom. The van der Waals surface area contributed by atoms with Crippen LogP contribution >= 0.6 is 43.2 Å². The van der Waals surface area contributed by atoms with Crippen LogP contribution in [-0.2, 0) is 0 Å². The van der Waals surface area contributed by atoms with Gasteiger partial charge in [-0.25, -0.2) is 4.98 Å². The Balaban J connectivity index is 1.92. The standard InChI is InChI=1S/C19H16Br2N2OS/c1-2-11-23(18(24)15-5-3-4-6-16(15)21)19-22-17(12-25-19)13-7-9-14(20)10-8-13/h3-10,12H,2,11H2,1H3. The van der Waals surface area contributed by atoms with Crippen molar-refractivity contribution in [3.8, 4) is 11.3 Å². The van der Waals surface area contributed by atoms with Gasteiger partial charge in [0.2, 0.25) is 0 Å². The lowest BCUT2D eigenvalue weighted by Gasteiger charge is -2.19. The molecule has 6 heteroatoms. The molecular formula is C19H16Br2N2OS. The molecule has 0 aliphatic heterocycles. The number of benzene rings is 2. The van der Waals surface area contributed by atoms with Gasteiger partial charge in [0.25, 0.3) is 5.91 Å². The molecule has 0 aliphatic carbocycles. The van der Waals surface area contributed by atoms with E-state index in [4.69, 9.17) is 4.98 Å². The summed E-state index contributed by atoms with van der Waals surface area (Å²) in [4.78, 5) is 19.5. The molecule has 0 radical (unpaired) electrons. The van der Waals surface area contributed by atoms with E-state index < -0.39 is 0 Å². The van der Waals surface area contributed by atoms with E-state index in [0.717, 1.165) is 31.8 Å². The van der Waals surface area contributed by atoms with Crippen LogP contribution in [0.2, 0.25) is 0 Å². The number of rotatable bonds is 5. The molecule has 0 atom stereocenters. The predicted molar refractivity (Wildman–Crippen MR) is 111 cm³/mol. The van der Waals surface area contributed by atoms with Gasteiger partial charge in [-0.1, -0.05) is 47.1 Å². The number of halogens is 2. The first kappa shape index (κ1) is 18.3. The first-order chi connectivity index (χ1) is 12.1. The Kier molecular flexibility index (Phi) is 6.04. The van der Waals surface area contributed by atoms with Crippen LogP contribution in [0.4, 0.5) is 5.13 Å². The van der Waals surface area contributed by atoms with Crippen molar-refractivity contribution >= 4 is 54.2 Å². The van der Waals surface area contributed by atoms with Gasteiger partial charge in [-0.2, -0.15) is 0 Å². The third kappa shape index (κ3) is 4.19. The van der Waals surface area contributed by atoms with E-state index in [2.05, 4.69) is 38.8 Å². The Morgan fingerprint density at radius 2 is 1.84 bits per heavy atom. The summed E-state index contributed by atoms with van der Waals surface area (Å²) < 4.78 is 1.83. The minimum Gasteiger partial charge on any atom is -0.284 e. The number of nitrogens with zero attached hydrogens (tertiary/aromatic N) is 2. The van der Waals surface area contributed by atoms with Gasteiger partial charge in [0.15, 0.2) is 5.13 Å². The van der Waals surface area contributed by atoms with Crippen LogP contribution in [0.15, 0.2) is 62.9 Å². The van der Waals surface area contributed by atoms with E-state index in [1.807, 2.05) is 53.9 Å². The fraction of sp³-hybridized carbons (Fsp3) is 0.158. The summed E-state index contributed by atoms with van der Waals surface area (Å²) in [7, 11) is 0. The number of carbonyl (C=O) groups is 1. The summed E-state index contributed by atoms with van der Waals surface area (Å²) in [6.45, 7) is 2.69. The van der Waals surface area contributed by atoms with Crippen molar-refractivity contribution in [2.24, 2.45) is 0 Å². The van der Waals surface area contributed by atoms with Gasteiger partial charge in [-0.15, -0.1) is 11.3 Å². The maximum atomic E-state index is 13.0. The van der Waals surface area contributed by atoms with Crippen molar-refractivity contribution < 1.29 is 4.79 Å². The molecule has 1 aromatic heterocycles. The van der Waals surface area contributed by atoms with Gasteiger partial charge < -0.3 is 0 Å². The highest BCUT2D eigenvalue weighted by Crippen LogP contribution is 2.30. The molecule has 2 aromatic carbocycles. The number of amides is 1. The maximum Gasteiger partial charge on any atom is 0.261 e. The van der Waals surface area contributed by atoms with Crippen molar-refractivity contribution in [2.75, 3.05) is 11.4 Å². The second-order valence-corrected chi connectivity index (χ2v) is 8.07. The Hall–Kier alpha value is -1.50. The van der Waals surface area contributed by atoms with Crippen molar-refractivity contribution in [1.29, 1.82) is 0 Å². The van der Waals surface area contributed by atoms with Gasteiger partial charge in [0.05, 0.1) is 11.3 Å². The lowest BCUT2D eigenvalue weighted by molar-refractivity contribution is 0.0986. The first-order valence-electron chi connectivity index (χ1n) is 7.88. The maximum absolute atomic E-state index is 13.0. The summed E-state index contributed by atoms with van der Waals surface area (Å²) in [5.74, 6) is -0.0361. The van der Waals surface area contributed by atoms with Gasteiger partial charge >= 0.3 is 0 Å². The number of hydrogen-bond donors (Lipinski definition) is 0. The number of hydrogen-bond acceptors (Lipinski definition) is 3. The molecule has 0 unspecified atom stereocenters. The molecule has 128 valence electrons. The van der Waals surface area contributed by atoms with Crippen molar-refractivity contribution in [2.45, 2.75) is 13.3 Å². The van der Waals surface area contributed by atoms with Crippen LogP contribution in [0.1, 0.15) is 23.7 Å². The molecule has 0 spiro atoms. The first-order valence-corrected chi connectivity index (χ1v) is 10.3. The van der Waals surface area contributed by atoms with E-state index in [1.54, 1.807) is 4.90 Å². The molecule has 3 aromatic rings. The van der Waals surface area contributed by atoms with Crippen LogP contribution in [0.3, 0.4) is 0 Å². The second-order valence-electron chi connectivity index (χ2n) is 5.46. The summed E-state index contributed by atoms with van der Waals surface area (Å²) >= 11 is 8.40. The monoisotopic (exact) mass is 478 g/mol. The number of thiazole rings is 1. The SMILES string of the molecule is CCCN(C(=O)c1ccccc1Br)c1nc(-c2ccc(Br)cc2)cs1. The van der Waals surface area contributed by atoms with E-state index in [9.17, 15) is 4.79 Å². The predicted octanol–water partition coefficient (Wildman–Crippen LogP) is 6.39. The zero-order chi connectivity index (χ0) is 17.8. The van der Waals surface area contributed by atoms with Crippen molar-refractivity contribution in [3.63, 3.8) is 0 Å². The third-order valence-corrected chi connectivity index (χ3v) is 5.74. The average molecular weight is 480 g/mol. The molecule has 0 N–H and O–H groups in total. The quantitative estimate of drug-likeness (QED) is 0.424. The van der Waals surface area contributed by atoms with Crippen LogP contribution in [0, 0.1) is 0 Å². The largest absolute Gasteiger partial charge is 0.284 e. The van der Waals surface area contributed by atoms with E-state index in [1.165, 1.54) is 11.3 Å². The summed E-state index contributed by atoms with van der Waals surface area (Å²) in [5.41, 5.74) is 2.57. The smallest absolute Gasteiger partial charge is 0.261 e. The summed E-state index contributed by atoms with van der Waals surface area (Å²) in [6.07, 6.45) is 0.864. The Labute approximate surface area is 168 Å². The second kappa shape index (κ2) is 8.25. The minimum absolute atomic E-state index is 0.0361. The van der Waals surface area contributed by atoms with Crippen LogP contribution in [-0.4, -0.2) is 17.4 Å². The number of anilines is 1. The highest BCUT2D eigenvalue weighted by atomic mass is 79.9. The Bertz CT molecular complexity index is 877. The fourth-order valence-corrected chi connectivity index (χ4v) is 4.01. The normalized spacial score (nSPS) is 10.7. The highest BCUT2D eigenvalue weighted by Gasteiger charge is 2.21. The van der Waals surface area contributed by atoms with Gasteiger partial charge in [-0.05, 0) is 46.6 Å². The molecule has 1 amide bonds. The molecule has 3 nitrogen and oxygen atoms in total. The van der Waals surface area contributed by atoms with E-state index in [-0.39, 0.29) is 5.91 Å². The molecule has 1 heterocycles. The van der Waals surface area contributed by atoms with Crippen LogP contribution in [0.5, 0.6) is 0 Å². The molecule has 0 aliphatic rings. The van der Waals surface area contributed by atoms with Gasteiger partial charge in [0.1, 0.15) is 0 Å². The Morgan fingerprint density at radius 1 is 1.12 bits per heavy atom. The van der Waals surface area contributed by atoms with Crippen molar-refractivity contribution in [3.05, 3.63) is 68.4 Å². The van der Waals surface area contributed by atoms with E-state index in [0.29, 0.717) is 12.1 Å². The number of aromatic nitrogens is 1. The number of carbonyl (C=O) groups excluding carboxylic acids is 1. The highest BCUT2D eigenvalue weighted by molar-refractivity contribution is 9.10. The third-order valence-electron chi connectivity index (χ3n) is 3.66. The van der Waals surface area contributed by atoms with Crippen molar-refractivity contribution in [1.82, 2.24) is 4.98 Å². The molecule has 0 saturated heterocycles. The summed E-state index contributed by atoms with van der Waals surface area (Å²) in [6, 6.07) is 15.5. The van der Waals surface area contributed by atoms with E-state index >= 15 is 0 Å². The molecule has 0 bridgehead atoms. The fourth-order valence-electron chi connectivity index (χ4n) is 2.43. The van der Waals surface area contributed by atoms with Crippen LogP contribution in [0.25, 0.3) is 11.3 Å². The summed E-state index contributed by atoms with van der Waals surface area (Å²) in [5, 5.41) is 2.72.